The van der Waals surface area contributed by atoms with E-state index >= 15 is 0 Å². The first kappa shape index (κ1) is 23.5. The highest BCUT2D eigenvalue weighted by molar-refractivity contribution is 6.08. The summed E-state index contributed by atoms with van der Waals surface area (Å²) in [5.41, 5.74) is 4.09. The van der Waals surface area contributed by atoms with Crippen molar-refractivity contribution in [3.05, 3.63) is 96.7 Å². The van der Waals surface area contributed by atoms with Gasteiger partial charge in [0, 0.05) is 36.2 Å². The van der Waals surface area contributed by atoms with Crippen LogP contribution in [-0.2, 0) is 9.53 Å². The Labute approximate surface area is 209 Å². The molecule has 0 aliphatic carbocycles. The van der Waals surface area contributed by atoms with Gasteiger partial charge >= 0.3 is 0 Å². The minimum absolute atomic E-state index is 0.0745. The van der Waals surface area contributed by atoms with E-state index in [1.54, 1.807) is 35.1 Å². The van der Waals surface area contributed by atoms with Gasteiger partial charge in [0.1, 0.15) is 5.69 Å². The van der Waals surface area contributed by atoms with E-state index in [0.29, 0.717) is 42.4 Å². The van der Waals surface area contributed by atoms with Crippen LogP contribution in [0.25, 0.3) is 16.9 Å². The zero-order valence-electron chi connectivity index (χ0n) is 19.8. The fourth-order valence-corrected chi connectivity index (χ4v) is 4.06. The molecule has 1 aliphatic rings. The van der Waals surface area contributed by atoms with Crippen LogP contribution in [0.2, 0.25) is 0 Å². The smallest absolute Gasteiger partial charge is 0.259 e. The number of hydrogen-bond acceptors (Lipinski definition) is 5. The predicted octanol–water partition coefficient (Wildman–Crippen LogP) is 4.06. The lowest BCUT2D eigenvalue weighted by atomic mass is 10.1. The second-order valence-electron chi connectivity index (χ2n) is 8.51. The first-order valence-corrected chi connectivity index (χ1v) is 11.9. The molecule has 4 aromatic rings. The van der Waals surface area contributed by atoms with Crippen LogP contribution in [0, 0.1) is 0 Å². The zero-order valence-corrected chi connectivity index (χ0v) is 19.8. The van der Waals surface area contributed by atoms with E-state index in [9.17, 15) is 9.59 Å². The van der Waals surface area contributed by atoms with Crippen molar-refractivity contribution in [3.8, 4) is 16.9 Å². The molecular weight excluding hydrogens is 454 g/mol. The topological polar surface area (TPSA) is 88.5 Å². The van der Waals surface area contributed by atoms with E-state index in [4.69, 9.17) is 9.84 Å². The molecule has 2 amide bonds. The summed E-state index contributed by atoms with van der Waals surface area (Å²) < 4.78 is 7.03. The van der Waals surface area contributed by atoms with Crippen molar-refractivity contribution in [1.82, 2.24) is 14.7 Å². The summed E-state index contributed by atoms with van der Waals surface area (Å²) in [5.74, 6) is -0.338. The van der Waals surface area contributed by atoms with Crippen LogP contribution in [0.15, 0.2) is 91.1 Å². The molecule has 0 saturated carbocycles. The van der Waals surface area contributed by atoms with Crippen LogP contribution in [-0.4, -0.2) is 59.3 Å². The number of hydrogen-bond donors (Lipinski definition) is 2. The molecule has 182 valence electrons. The van der Waals surface area contributed by atoms with E-state index < -0.39 is 0 Å². The summed E-state index contributed by atoms with van der Waals surface area (Å²) in [4.78, 5) is 27.7. The lowest BCUT2D eigenvalue weighted by Gasteiger charge is -2.25. The third-order valence-corrected chi connectivity index (χ3v) is 5.92. The fourth-order valence-electron chi connectivity index (χ4n) is 4.06. The number of morpholine rings is 1. The van der Waals surface area contributed by atoms with Crippen LogP contribution in [0.5, 0.6) is 0 Å². The summed E-state index contributed by atoms with van der Waals surface area (Å²) in [6.07, 6.45) is 1.74. The summed E-state index contributed by atoms with van der Waals surface area (Å²) >= 11 is 0. The monoisotopic (exact) mass is 481 g/mol. The Morgan fingerprint density at radius 2 is 1.42 bits per heavy atom. The highest BCUT2D eigenvalue weighted by Gasteiger charge is 2.19. The van der Waals surface area contributed by atoms with Crippen LogP contribution in [0.4, 0.5) is 11.4 Å². The Bertz CT molecular complexity index is 1310. The van der Waals surface area contributed by atoms with Gasteiger partial charge in [-0.1, -0.05) is 48.5 Å². The number of benzene rings is 3. The summed E-state index contributed by atoms with van der Waals surface area (Å²) in [5, 5.41) is 10.6. The average molecular weight is 482 g/mol. The van der Waals surface area contributed by atoms with Crippen molar-refractivity contribution < 1.29 is 14.3 Å². The Morgan fingerprint density at radius 1 is 0.806 bits per heavy atom. The number of nitrogens with zero attached hydrogens (tertiary/aromatic N) is 3. The number of anilines is 2. The highest BCUT2D eigenvalue weighted by atomic mass is 16.5. The van der Waals surface area contributed by atoms with Crippen molar-refractivity contribution in [2.24, 2.45) is 0 Å². The molecule has 3 aromatic carbocycles. The lowest BCUT2D eigenvalue weighted by molar-refractivity contribution is -0.118. The molecule has 8 nitrogen and oxygen atoms in total. The number of ether oxygens (including phenoxy) is 1. The minimum atomic E-state index is -0.264. The van der Waals surface area contributed by atoms with Crippen LogP contribution >= 0.6 is 0 Å². The molecule has 2 heterocycles. The number of carbonyl (C=O) groups is 2. The molecule has 0 spiro atoms. The number of carbonyl (C=O) groups excluding carboxylic acids is 2. The number of nitrogens with one attached hydrogen (secondary N) is 2. The third-order valence-electron chi connectivity index (χ3n) is 5.92. The number of amides is 2. The molecule has 0 atom stereocenters. The van der Waals surface area contributed by atoms with Crippen molar-refractivity contribution in [2.75, 3.05) is 43.5 Å². The van der Waals surface area contributed by atoms with Crippen molar-refractivity contribution in [2.45, 2.75) is 0 Å². The van der Waals surface area contributed by atoms with Gasteiger partial charge in [-0.05, 0) is 36.4 Å². The van der Waals surface area contributed by atoms with Crippen LogP contribution < -0.4 is 10.6 Å². The van der Waals surface area contributed by atoms with Crippen molar-refractivity contribution in [1.29, 1.82) is 0 Å². The maximum atomic E-state index is 13.3. The first-order valence-electron chi connectivity index (χ1n) is 11.9. The van der Waals surface area contributed by atoms with Crippen LogP contribution in [0.1, 0.15) is 10.4 Å². The van der Waals surface area contributed by atoms with Gasteiger partial charge in [0.05, 0.1) is 31.0 Å². The quantitative estimate of drug-likeness (QED) is 0.416. The standard InChI is InChI=1S/C28H27N5O3/c34-26(20-32-15-17-36-18-16-32)29-22-11-13-23(14-12-22)30-28(35)25-19-33(24-9-5-2-6-10-24)31-27(25)21-7-3-1-4-8-21/h1-14,19H,15-18,20H2,(H,29,34)(H,30,35). The second kappa shape index (κ2) is 11.0. The van der Waals surface area contributed by atoms with E-state index in [2.05, 4.69) is 15.5 Å². The Kier molecular flexibility index (Phi) is 7.16. The molecule has 0 unspecified atom stereocenters. The van der Waals surface area contributed by atoms with Crippen molar-refractivity contribution >= 4 is 23.2 Å². The van der Waals surface area contributed by atoms with Gasteiger partial charge < -0.3 is 15.4 Å². The maximum Gasteiger partial charge on any atom is 0.259 e. The summed E-state index contributed by atoms with van der Waals surface area (Å²) in [7, 11) is 0. The number of rotatable bonds is 7. The molecule has 1 fully saturated rings. The Hall–Kier alpha value is -4.27. The summed E-state index contributed by atoms with van der Waals surface area (Å²) in [6, 6.07) is 26.4. The van der Waals surface area contributed by atoms with Crippen molar-refractivity contribution in [3.63, 3.8) is 0 Å². The maximum absolute atomic E-state index is 13.3. The molecule has 1 aliphatic heterocycles. The van der Waals surface area contributed by atoms with E-state index in [1.165, 1.54) is 0 Å². The summed E-state index contributed by atoms with van der Waals surface area (Å²) in [6.45, 7) is 3.14. The van der Waals surface area contributed by atoms with Gasteiger partial charge in [-0.25, -0.2) is 4.68 Å². The van der Waals surface area contributed by atoms with Gasteiger partial charge in [-0.3, -0.25) is 14.5 Å². The average Bonchev–Trinajstić information content (AvgIpc) is 3.37. The molecule has 2 N–H and O–H groups in total. The zero-order chi connectivity index (χ0) is 24.7. The molecule has 1 saturated heterocycles. The molecule has 8 heteroatoms. The molecule has 1 aromatic heterocycles. The van der Waals surface area contributed by atoms with Gasteiger partial charge in [0.15, 0.2) is 0 Å². The molecule has 0 bridgehead atoms. The highest BCUT2D eigenvalue weighted by Crippen LogP contribution is 2.25. The normalized spacial score (nSPS) is 13.8. The minimum Gasteiger partial charge on any atom is -0.379 e. The number of aromatic nitrogens is 2. The van der Waals surface area contributed by atoms with E-state index in [1.807, 2.05) is 60.7 Å². The molecule has 36 heavy (non-hydrogen) atoms. The Morgan fingerprint density at radius 3 is 2.08 bits per heavy atom. The molecule has 5 rings (SSSR count). The predicted molar refractivity (Wildman–Crippen MR) is 139 cm³/mol. The Balaban J connectivity index is 1.29. The third kappa shape index (κ3) is 5.68. The van der Waals surface area contributed by atoms with E-state index in [0.717, 1.165) is 24.3 Å². The molecular formula is C28H27N5O3. The van der Waals surface area contributed by atoms with Gasteiger partial charge in [-0.2, -0.15) is 5.10 Å². The fraction of sp³-hybridized carbons (Fsp3) is 0.179. The van der Waals surface area contributed by atoms with Gasteiger partial charge in [0.2, 0.25) is 5.91 Å². The lowest BCUT2D eigenvalue weighted by Crippen LogP contribution is -2.41. The van der Waals surface area contributed by atoms with Gasteiger partial charge in [0.25, 0.3) is 5.91 Å². The second-order valence-corrected chi connectivity index (χ2v) is 8.51. The first-order chi connectivity index (χ1) is 17.7. The van der Waals surface area contributed by atoms with Crippen LogP contribution in [0.3, 0.4) is 0 Å². The number of para-hydroxylation sites is 1. The van der Waals surface area contributed by atoms with E-state index in [-0.39, 0.29) is 11.8 Å². The SMILES string of the molecule is O=C(CN1CCOCC1)Nc1ccc(NC(=O)c2cn(-c3ccccc3)nc2-c2ccccc2)cc1. The largest absolute Gasteiger partial charge is 0.379 e. The van der Waals surface area contributed by atoms with Gasteiger partial charge in [-0.15, -0.1) is 0 Å². The molecule has 0 radical (unpaired) electrons.